The first-order chi connectivity index (χ1) is 11.2. The Kier molecular flexibility index (Phi) is 4.38. The molecular formula is C18H17N3O2. The van der Waals surface area contributed by atoms with Crippen molar-refractivity contribution in [2.75, 3.05) is 11.9 Å². The Balaban J connectivity index is 1.55. The third-order valence-electron chi connectivity index (χ3n) is 3.31. The van der Waals surface area contributed by atoms with Gasteiger partial charge in [0.05, 0.1) is 6.33 Å². The molecule has 0 aliphatic heterocycles. The lowest BCUT2D eigenvalue weighted by molar-refractivity contribution is -0.118. The van der Waals surface area contributed by atoms with E-state index in [1.165, 1.54) is 0 Å². The van der Waals surface area contributed by atoms with Crippen molar-refractivity contribution in [2.45, 2.75) is 6.92 Å². The molecule has 0 aliphatic carbocycles. The summed E-state index contributed by atoms with van der Waals surface area (Å²) in [4.78, 5) is 15.9. The van der Waals surface area contributed by atoms with Gasteiger partial charge in [0, 0.05) is 23.8 Å². The number of anilines is 1. The van der Waals surface area contributed by atoms with Gasteiger partial charge in [-0.3, -0.25) is 4.79 Å². The van der Waals surface area contributed by atoms with Crippen LogP contribution in [-0.4, -0.2) is 22.1 Å². The van der Waals surface area contributed by atoms with Crippen molar-refractivity contribution in [3.8, 4) is 11.4 Å². The third-order valence-corrected chi connectivity index (χ3v) is 3.31. The minimum Gasteiger partial charge on any atom is -0.484 e. The molecule has 0 bridgehead atoms. The van der Waals surface area contributed by atoms with E-state index < -0.39 is 0 Å². The molecule has 0 atom stereocenters. The number of rotatable bonds is 5. The molecule has 1 aromatic heterocycles. The Labute approximate surface area is 134 Å². The number of benzene rings is 2. The molecule has 23 heavy (non-hydrogen) atoms. The van der Waals surface area contributed by atoms with E-state index in [-0.39, 0.29) is 12.5 Å². The molecular weight excluding hydrogens is 290 g/mol. The van der Waals surface area contributed by atoms with Crippen molar-refractivity contribution in [3.63, 3.8) is 0 Å². The zero-order valence-electron chi connectivity index (χ0n) is 12.8. The molecule has 1 amide bonds. The predicted octanol–water partition coefficient (Wildman–Crippen LogP) is 3.20. The van der Waals surface area contributed by atoms with Gasteiger partial charge in [0.15, 0.2) is 6.61 Å². The summed E-state index contributed by atoms with van der Waals surface area (Å²) in [6.07, 6.45) is 5.31. The van der Waals surface area contributed by atoms with Crippen molar-refractivity contribution in [1.82, 2.24) is 9.55 Å². The molecule has 0 aliphatic rings. The van der Waals surface area contributed by atoms with Gasteiger partial charge in [-0.25, -0.2) is 4.98 Å². The van der Waals surface area contributed by atoms with Crippen molar-refractivity contribution in [2.24, 2.45) is 0 Å². The normalized spacial score (nSPS) is 10.3. The second kappa shape index (κ2) is 6.79. The third kappa shape index (κ3) is 3.97. The standard InChI is InChI=1S/C18H17N3O2/c1-14-3-2-4-17(11-14)23-12-18(22)20-15-5-7-16(8-6-15)21-10-9-19-13-21/h2-11,13H,12H2,1H3,(H,20,22). The first-order valence-electron chi connectivity index (χ1n) is 7.28. The average molecular weight is 307 g/mol. The zero-order valence-corrected chi connectivity index (χ0v) is 12.8. The number of amides is 1. The van der Waals surface area contributed by atoms with Crippen LogP contribution in [0.5, 0.6) is 5.75 Å². The Morgan fingerprint density at radius 1 is 1.22 bits per heavy atom. The van der Waals surface area contributed by atoms with Crippen molar-refractivity contribution in [3.05, 3.63) is 72.8 Å². The number of ether oxygens (including phenoxy) is 1. The minimum atomic E-state index is -0.193. The zero-order chi connectivity index (χ0) is 16.1. The van der Waals surface area contributed by atoms with Crippen molar-refractivity contribution < 1.29 is 9.53 Å². The van der Waals surface area contributed by atoms with E-state index in [2.05, 4.69) is 10.3 Å². The van der Waals surface area contributed by atoms with E-state index in [1.54, 1.807) is 12.5 Å². The van der Waals surface area contributed by atoms with E-state index >= 15 is 0 Å². The van der Waals surface area contributed by atoms with Gasteiger partial charge in [0.2, 0.25) is 0 Å². The number of aromatic nitrogens is 2. The van der Waals surface area contributed by atoms with Crippen LogP contribution >= 0.6 is 0 Å². The van der Waals surface area contributed by atoms with Crippen LogP contribution < -0.4 is 10.1 Å². The van der Waals surface area contributed by atoms with Gasteiger partial charge >= 0.3 is 0 Å². The van der Waals surface area contributed by atoms with Gasteiger partial charge in [-0.05, 0) is 48.9 Å². The summed E-state index contributed by atoms with van der Waals surface area (Å²) in [7, 11) is 0. The molecule has 1 heterocycles. The highest BCUT2D eigenvalue weighted by atomic mass is 16.5. The first kappa shape index (κ1) is 14.8. The highest BCUT2D eigenvalue weighted by Gasteiger charge is 2.04. The SMILES string of the molecule is Cc1cccc(OCC(=O)Nc2ccc(-n3ccnc3)cc2)c1. The molecule has 2 aromatic carbocycles. The minimum absolute atomic E-state index is 0.0211. The van der Waals surface area contributed by atoms with Gasteiger partial charge in [-0.15, -0.1) is 0 Å². The Bertz CT molecular complexity index is 780. The first-order valence-corrected chi connectivity index (χ1v) is 7.28. The second-order valence-corrected chi connectivity index (χ2v) is 5.17. The van der Waals surface area contributed by atoms with Crippen LogP contribution in [0.2, 0.25) is 0 Å². The van der Waals surface area contributed by atoms with E-state index in [1.807, 2.05) is 66.2 Å². The summed E-state index contributed by atoms with van der Waals surface area (Å²) in [5.74, 6) is 0.498. The lowest BCUT2D eigenvalue weighted by Crippen LogP contribution is -2.20. The summed E-state index contributed by atoms with van der Waals surface area (Å²) in [5.41, 5.74) is 2.81. The number of imidazole rings is 1. The van der Waals surface area contributed by atoms with Crippen molar-refractivity contribution >= 4 is 11.6 Å². The van der Waals surface area contributed by atoms with E-state index in [0.29, 0.717) is 5.75 Å². The number of hydrogen-bond donors (Lipinski definition) is 1. The predicted molar refractivity (Wildman–Crippen MR) is 88.9 cm³/mol. The molecule has 116 valence electrons. The molecule has 1 N–H and O–H groups in total. The molecule has 5 heteroatoms. The lowest BCUT2D eigenvalue weighted by Gasteiger charge is -2.09. The van der Waals surface area contributed by atoms with Gasteiger partial charge in [-0.2, -0.15) is 0 Å². The van der Waals surface area contributed by atoms with Crippen LogP contribution in [0.3, 0.4) is 0 Å². The number of carbonyl (C=O) groups excluding carboxylic acids is 1. The van der Waals surface area contributed by atoms with Gasteiger partial charge in [0.25, 0.3) is 5.91 Å². The summed E-state index contributed by atoms with van der Waals surface area (Å²) < 4.78 is 7.37. The van der Waals surface area contributed by atoms with E-state index in [9.17, 15) is 4.79 Å². The average Bonchev–Trinajstić information content (AvgIpc) is 3.08. The Morgan fingerprint density at radius 3 is 2.74 bits per heavy atom. The molecule has 0 saturated carbocycles. The van der Waals surface area contributed by atoms with Gasteiger partial charge in [-0.1, -0.05) is 12.1 Å². The van der Waals surface area contributed by atoms with Crippen LogP contribution in [0.1, 0.15) is 5.56 Å². The number of nitrogens with one attached hydrogen (secondary N) is 1. The fourth-order valence-corrected chi connectivity index (χ4v) is 2.18. The molecule has 5 nitrogen and oxygen atoms in total. The summed E-state index contributed by atoms with van der Waals surface area (Å²) in [6, 6.07) is 15.1. The summed E-state index contributed by atoms with van der Waals surface area (Å²) in [5, 5.41) is 2.81. The maximum atomic E-state index is 11.9. The molecule has 3 aromatic rings. The Hall–Kier alpha value is -3.08. The topological polar surface area (TPSA) is 56.1 Å². The lowest BCUT2D eigenvalue weighted by atomic mass is 10.2. The Morgan fingerprint density at radius 2 is 2.04 bits per heavy atom. The quantitative estimate of drug-likeness (QED) is 0.787. The van der Waals surface area contributed by atoms with Crippen LogP contribution in [-0.2, 0) is 4.79 Å². The molecule has 0 radical (unpaired) electrons. The fourth-order valence-electron chi connectivity index (χ4n) is 2.18. The summed E-state index contributed by atoms with van der Waals surface area (Å²) in [6.45, 7) is 1.96. The van der Waals surface area contributed by atoms with Gasteiger partial charge < -0.3 is 14.6 Å². The van der Waals surface area contributed by atoms with Crippen LogP contribution in [0.15, 0.2) is 67.3 Å². The number of carbonyl (C=O) groups is 1. The smallest absolute Gasteiger partial charge is 0.262 e. The van der Waals surface area contributed by atoms with E-state index in [0.717, 1.165) is 16.9 Å². The fraction of sp³-hybridized carbons (Fsp3) is 0.111. The van der Waals surface area contributed by atoms with E-state index in [4.69, 9.17) is 4.74 Å². The number of hydrogen-bond acceptors (Lipinski definition) is 3. The molecule has 0 spiro atoms. The van der Waals surface area contributed by atoms with Gasteiger partial charge in [0.1, 0.15) is 5.75 Å². The maximum Gasteiger partial charge on any atom is 0.262 e. The largest absolute Gasteiger partial charge is 0.484 e. The molecule has 0 saturated heterocycles. The summed E-state index contributed by atoms with van der Waals surface area (Å²) >= 11 is 0. The maximum absolute atomic E-state index is 11.9. The molecule has 0 fully saturated rings. The molecule has 0 unspecified atom stereocenters. The highest BCUT2D eigenvalue weighted by Crippen LogP contribution is 2.14. The second-order valence-electron chi connectivity index (χ2n) is 5.17. The van der Waals surface area contributed by atoms with Crippen molar-refractivity contribution in [1.29, 1.82) is 0 Å². The van der Waals surface area contributed by atoms with Crippen LogP contribution in [0.4, 0.5) is 5.69 Å². The van der Waals surface area contributed by atoms with Crippen LogP contribution in [0, 0.1) is 6.92 Å². The number of aryl methyl sites for hydroxylation is 1. The molecule has 3 rings (SSSR count). The highest BCUT2D eigenvalue weighted by molar-refractivity contribution is 5.91. The van der Waals surface area contributed by atoms with Crippen LogP contribution in [0.25, 0.3) is 5.69 Å². The number of nitrogens with zero attached hydrogens (tertiary/aromatic N) is 2. The monoisotopic (exact) mass is 307 g/mol.